The molecule has 1 aliphatic heterocycles. The van der Waals surface area contributed by atoms with Crippen LogP contribution in [0.4, 0.5) is 5.69 Å². The number of anilines is 1. The monoisotopic (exact) mass is 562 g/mol. The van der Waals surface area contributed by atoms with Crippen LogP contribution in [-0.2, 0) is 9.53 Å². The summed E-state index contributed by atoms with van der Waals surface area (Å²) in [6.45, 7) is 8.63. The SMILES string of the molecule is C[C@@]12CC[C@H]3[C@@H]4CCC(=O)N[C@@]4(C)CC[C@@H]3[C@@]1(C)CC[C@@H](OC(=O)c1cccc(N(CCCl)CCCl)c1)C2. The van der Waals surface area contributed by atoms with E-state index in [2.05, 4.69) is 31.0 Å². The van der Waals surface area contributed by atoms with E-state index in [9.17, 15) is 9.59 Å². The van der Waals surface area contributed by atoms with Crippen LogP contribution in [0.1, 0.15) is 88.9 Å². The van der Waals surface area contributed by atoms with Crippen LogP contribution in [0, 0.1) is 28.6 Å². The highest BCUT2D eigenvalue weighted by atomic mass is 35.5. The first kappa shape index (κ1) is 28.1. The summed E-state index contributed by atoms with van der Waals surface area (Å²) >= 11 is 12.0. The number of alkyl halides is 2. The molecule has 7 atom stereocenters. The maximum absolute atomic E-state index is 13.3. The molecule has 38 heavy (non-hydrogen) atoms. The molecule has 5 rings (SSSR count). The van der Waals surface area contributed by atoms with Gasteiger partial charge in [0, 0.05) is 42.5 Å². The smallest absolute Gasteiger partial charge is 0.338 e. The first-order valence-corrected chi connectivity index (χ1v) is 15.7. The van der Waals surface area contributed by atoms with E-state index in [1.807, 2.05) is 24.3 Å². The number of nitrogens with one attached hydrogen (secondary N) is 1. The number of hydrogen-bond donors (Lipinski definition) is 1. The van der Waals surface area contributed by atoms with Gasteiger partial charge in [0.1, 0.15) is 6.10 Å². The number of nitrogens with zero attached hydrogens (tertiary/aromatic N) is 1. The molecule has 0 bridgehead atoms. The summed E-state index contributed by atoms with van der Waals surface area (Å²) < 4.78 is 6.18. The highest BCUT2D eigenvalue weighted by molar-refractivity contribution is 6.18. The molecular formula is C31H44Cl2N2O3. The van der Waals surface area contributed by atoms with Gasteiger partial charge in [-0.2, -0.15) is 0 Å². The van der Waals surface area contributed by atoms with Crippen molar-refractivity contribution in [3.8, 4) is 0 Å². The second-order valence-corrected chi connectivity index (χ2v) is 13.9. The molecule has 7 heteroatoms. The zero-order chi connectivity index (χ0) is 27.1. The Balaban J connectivity index is 1.27. The van der Waals surface area contributed by atoms with Gasteiger partial charge in [-0.25, -0.2) is 4.79 Å². The van der Waals surface area contributed by atoms with Crippen LogP contribution in [0.25, 0.3) is 0 Å². The van der Waals surface area contributed by atoms with Gasteiger partial charge in [-0.05, 0) is 105 Å². The normalized spacial score (nSPS) is 38.3. The molecule has 3 saturated carbocycles. The lowest BCUT2D eigenvalue weighted by atomic mass is 9.40. The van der Waals surface area contributed by atoms with Crippen LogP contribution in [0.15, 0.2) is 24.3 Å². The molecule has 3 aliphatic carbocycles. The summed E-state index contributed by atoms with van der Waals surface area (Å²) in [6.07, 6.45) is 9.24. The molecule has 1 amide bonds. The number of carbonyl (C=O) groups excluding carboxylic acids is 2. The number of ether oxygens (including phenoxy) is 1. The first-order valence-electron chi connectivity index (χ1n) is 14.6. The van der Waals surface area contributed by atoms with Crippen LogP contribution in [0.5, 0.6) is 0 Å². The Morgan fingerprint density at radius 3 is 2.53 bits per heavy atom. The molecule has 210 valence electrons. The summed E-state index contributed by atoms with van der Waals surface area (Å²) in [7, 11) is 0. The number of hydrogen-bond acceptors (Lipinski definition) is 4. The second-order valence-electron chi connectivity index (χ2n) is 13.1. The Bertz CT molecular complexity index is 1050. The Labute approximate surface area is 238 Å². The number of amides is 1. The number of benzene rings is 1. The van der Waals surface area contributed by atoms with Crippen LogP contribution < -0.4 is 10.2 Å². The lowest BCUT2D eigenvalue weighted by Crippen LogP contribution is -2.65. The van der Waals surface area contributed by atoms with Crippen molar-refractivity contribution in [3.63, 3.8) is 0 Å². The van der Waals surface area contributed by atoms with E-state index in [-0.39, 0.29) is 34.3 Å². The Kier molecular flexibility index (Phi) is 8.01. The topological polar surface area (TPSA) is 58.6 Å². The lowest BCUT2D eigenvalue weighted by Gasteiger charge is -2.66. The number of rotatable bonds is 7. The molecule has 0 unspecified atom stereocenters. The van der Waals surface area contributed by atoms with Crippen molar-refractivity contribution < 1.29 is 14.3 Å². The van der Waals surface area contributed by atoms with Crippen LogP contribution >= 0.6 is 23.2 Å². The molecule has 4 aliphatic rings. The van der Waals surface area contributed by atoms with Crippen molar-refractivity contribution in [2.75, 3.05) is 29.7 Å². The van der Waals surface area contributed by atoms with Crippen molar-refractivity contribution >= 4 is 40.8 Å². The molecule has 1 N–H and O–H groups in total. The van der Waals surface area contributed by atoms with E-state index >= 15 is 0 Å². The molecular weight excluding hydrogens is 519 g/mol. The van der Waals surface area contributed by atoms with E-state index in [1.54, 1.807) is 0 Å². The standard InChI is InChI=1S/C31H44Cl2N2O3/c1-29-12-10-24-25(11-14-31(3)26(24)7-8-27(36)34-31)30(29,2)13-9-23(20-29)38-28(37)21-5-4-6-22(19-21)35(17-15-32)18-16-33/h4-6,19,23-26H,7-18,20H2,1-3H3,(H,34,36)/t23-,24-,25+,26+,29+,30-,31+/m1/s1. The van der Waals surface area contributed by atoms with Crippen molar-refractivity contribution in [3.05, 3.63) is 29.8 Å². The van der Waals surface area contributed by atoms with E-state index in [4.69, 9.17) is 27.9 Å². The Morgan fingerprint density at radius 1 is 1.03 bits per heavy atom. The molecule has 0 aromatic heterocycles. The van der Waals surface area contributed by atoms with Crippen molar-refractivity contribution in [1.29, 1.82) is 0 Å². The predicted molar refractivity (Wildman–Crippen MR) is 154 cm³/mol. The third kappa shape index (κ3) is 4.96. The van der Waals surface area contributed by atoms with Crippen molar-refractivity contribution in [1.82, 2.24) is 5.32 Å². The summed E-state index contributed by atoms with van der Waals surface area (Å²) in [5, 5.41) is 3.38. The van der Waals surface area contributed by atoms with Gasteiger partial charge in [-0.1, -0.05) is 19.9 Å². The molecule has 1 saturated heterocycles. The number of piperidine rings is 1. The quantitative estimate of drug-likeness (QED) is 0.293. The summed E-state index contributed by atoms with van der Waals surface area (Å²) in [4.78, 5) is 27.6. The van der Waals surface area contributed by atoms with E-state index in [0.717, 1.165) is 37.8 Å². The maximum Gasteiger partial charge on any atom is 0.338 e. The number of esters is 1. The van der Waals surface area contributed by atoms with E-state index in [1.165, 1.54) is 19.3 Å². The molecule has 4 fully saturated rings. The molecule has 5 nitrogen and oxygen atoms in total. The molecule has 0 spiro atoms. The summed E-state index contributed by atoms with van der Waals surface area (Å²) in [6, 6.07) is 7.65. The van der Waals surface area contributed by atoms with Gasteiger partial charge < -0.3 is 15.0 Å². The molecule has 0 radical (unpaired) electrons. The maximum atomic E-state index is 13.3. The minimum absolute atomic E-state index is 0.0367. The van der Waals surface area contributed by atoms with Gasteiger partial charge in [0.25, 0.3) is 0 Å². The summed E-state index contributed by atoms with van der Waals surface area (Å²) in [5.74, 6) is 2.94. The highest BCUT2D eigenvalue weighted by Crippen LogP contribution is 2.67. The van der Waals surface area contributed by atoms with Crippen LogP contribution in [0.2, 0.25) is 0 Å². The van der Waals surface area contributed by atoms with Crippen LogP contribution in [-0.4, -0.2) is 48.4 Å². The van der Waals surface area contributed by atoms with E-state index < -0.39 is 0 Å². The van der Waals surface area contributed by atoms with Crippen molar-refractivity contribution in [2.45, 2.75) is 90.2 Å². The third-order valence-electron chi connectivity index (χ3n) is 11.3. The minimum atomic E-state index is -0.235. The fourth-order valence-electron chi connectivity index (χ4n) is 8.99. The molecule has 1 heterocycles. The van der Waals surface area contributed by atoms with Gasteiger partial charge in [0.05, 0.1) is 5.56 Å². The Morgan fingerprint density at radius 2 is 1.79 bits per heavy atom. The van der Waals surface area contributed by atoms with Gasteiger partial charge in [0.15, 0.2) is 0 Å². The molecule has 1 aromatic rings. The van der Waals surface area contributed by atoms with Gasteiger partial charge >= 0.3 is 5.97 Å². The lowest BCUT2D eigenvalue weighted by molar-refractivity contribution is -0.171. The molecule has 1 aromatic carbocycles. The number of carbonyl (C=O) groups is 2. The average Bonchev–Trinajstić information content (AvgIpc) is 2.88. The minimum Gasteiger partial charge on any atom is -0.459 e. The average molecular weight is 564 g/mol. The first-order chi connectivity index (χ1) is 18.1. The Hall–Kier alpha value is -1.46. The zero-order valence-electron chi connectivity index (χ0n) is 23.2. The fraction of sp³-hybridized carbons (Fsp3) is 0.742. The van der Waals surface area contributed by atoms with Gasteiger partial charge in [-0.15, -0.1) is 23.2 Å². The largest absolute Gasteiger partial charge is 0.459 e. The van der Waals surface area contributed by atoms with Gasteiger partial charge in [-0.3, -0.25) is 4.79 Å². The second kappa shape index (κ2) is 10.8. The van der Waals surface area contributed by atoms with Crippen molar-refractivity contribution in [2.24, 2.45) is 28.6 Å². The number of fused-ring (bicyclic) bond motifs is 5. The number of halogens is 2. The van der Waals surface area contributed by atoms with Gasteiger partial charge in [0.2, 0.25) is 5.91 Å². The third-order valence-corrected chi connectivity index (χ3v) is 11.6. The van der Waals surface area contributed by atoms with E-state index in [0.29, 0.717) is 54.6 Å². The zero-order valence-corrected chi connectivity index (χ0v) is 24.8. The predicted octanol–water partition coefficient (Wildman–Crippen LogP) is 6.80. The van der Waals surface area contributed by atoms with Crippen LogP contribution in [0.3, 0.4) is 0 Å². The summed E-state index contributed by atoms with van der Waals surface area (Å²) in [5.41, 5.74) is 1.90. The highest BCUT2D eigenvalue weighted by Gasteiger charge is 2.62. The fourth-order valence-corrected chi connectivity index (χ4v) is 9.39.